The molecule has 0 aromatic heterocycles. The van der Waals surface area contributed by atoms with Crippen molar-refractivity contribution in [3.05, 3.63) is 60.2 Å². The standard InChI is InChI=1S/C31H39N3O5S/c1-6-39-21-14-12-20(13-15-21)32-27(36)24-23-16-18(2)31(40-23)25(24)29(38)34(26(31)28(37)33-30(3,4)5)22(17-35)19-10-8-7-9-11-19/h7-15,18,22-26,35H,6,16-17H2,1-5H3,(H,32,36)(H,33,37)/t18?,22-,23+,24-,25+,26?,31?/m1/s1. The van der Waals surface area contributed by atoms with Crippen LogP contribution in [-0.2, 0) is 14.4 Å². The number of carbonyl (C=O) groups is 3. The summed E-state index contributed by atoms with van der Waals surface area (Å²) in [5, 5.41) is 16.7. The molecule has 9 heteroatoms. The fourth-order valence-corrected chi connectivity index (χ4v) is 9.30. The minimum atomic E-state index is -0.824. The molecule has 1 spiro atoms. The van der Waals surface area contributed by atoms with Gasteiger partial charge in [0.25, 0.3) is 0 Å². The molecule has 8 nitrogen and oxygen atoms in total. The number of anilines is 1. The second-order valence-electron chi connectivity index (χ2n) is 12.1. The predicted molar refractivity (Wildman–Crippen MR) is 156 cm³/mol. The van der Waals surface area contributed by atoms with E-state index in [1.165, 1.54) is 0 Å². The molecule has 3 unspecified atom stereocenters. The van der Waals surface area contributed by atoms with E-state index >= 15 is 0 Å². The molecule has 3 fully saturated rings. The third kappa shape index (κ3) is 4.77. The van der Waals surface area contributed by atoms with Crippen LogP contribution in [-0.4, -0.2) is 62.5 Å². The number of aliphatic hydroxyl groups is 1. The normalized spacial score (nSPS) is 29.7. The Kier molecular flexibility index (Phi) is 7.65. The molecular formula is C31H39N3O5S. The van der Waals surface area contributed by atoms with Crippen molar-refractivity contribution >= 4 is 35.2 Å². The van der Waals surface area contributed by atoms with E-state index < -0.39 is 34.2 Å². The quantitative estimate of drug-likeness (QED) is 0.447. The Balaban J connectivity index is 1.53. The van der Waals surface area contributed by atoms with Gasteiger partial charge in [0.15, 0.2) is 0 Å². The van der Waals surface area contributed by atoms with Crippen molar-refractivity contribution in [3.8, 4) is 5.75 Å². The molecule has 5 rings (SSSR count). The summed E-state index contributed by atoms with van der Waals surface area (Å²) < 4.78 is 4.74. The number of amides is 3. The molecule has 3 heterocycles. The number of hydrogen-bond acceptors (Lipinski definition) is 6. The summed E-state index contributed by atoms with van der Waals surface area (Å²) in [6.07, 6.45) is 0.734. The van der Waals surface area contributed by atoms with Crippen molar-refractivity contribution in [2.24, 2.45) is 17.8 Å². The van der Waals surface area contributed by atoms with E-state index in [1.807, 2.05) is 58.0 Å². The number of fused-ring (bicyclic) bond motifs is 1. The summed E-state index contributed by atoms with van der Waals surface area (Å²) in [5.41, 5.74) is 0.868. The van der Waals surface area contributed by atoms with E-state index in [9.17, 15) is 19.5 Å². The molecular weight excluding hydrogens is 526 g/mol. The minimum Gasteiger partial charge on any atom is -0.494 e. The predicted octanol–water partition coefficient (Wildman–Crippen LogP) is 4.01. The van der Waals surface area contributed by atoms with Gasteiger partial charge >= 0.3 is 0 Å². The van der Waals surface area contributed by atoms with E-state index in [1.54, 1.807) is 40.9 Å². The van der Waals surface area contributed by atoms with Gasteiger partial charge in [-0.05, 0) is 69.9 Å². The molecule has 214 valence electrons. The number of hydrogen-bond donors (Lipinski definition) is 3. The molecule has 3 amide bonds. The van der Waals surface area contributed by atoms with Crippen LogP contribution in [0.15, 0.2) is 54.6 Å². The largest absolute Gasteiger partial charge is 0.494 e. The molecule has 0 saturated carbocycles. The van der Waals surface area contributed by atoms with Gasteiger partial charge in [-0.3, -0.25) is 14.4 Å². The van der Waals surface area contributed by atoms with Gasteiger partial charge < -0.3 is 25.4 Å². The number of thioether (sulfide) groups is 1. The first kappa shape index (κ1) is 28.5. The lowest BCUT2D eigenvalue weighted by Crippen LogP contribution is -2.59. The van der Waals surface area contributed by atoms with Crippen LogP contribution in [0.4, 0.5) is 5.69 Å². The number of nitrogens with zero attached hydrogens (tertiary/aromatic N) is 1. The molecule has 40 heavy (non-hydrogen) atoms. The SMILES string of the molecule is CCOc1ccc(NC(=O)[C@@H]2[C@@H]3CC(C)C4(S3)C(C(=O)NC(C)(C)C)N([C@H](CO)c3ccccc3)C(=O)[C@H]24)cc1. The fraction of sp³-hybridized carbons (Fsp3) is 0.516. The summed E-state index contributed by atoms with van der Waals surface area (Å²) in [7, 11) is 0. The van der Waals surface area contributed by atoms with Crippen LogP contribution < -0.4 is 15.4 Å². The van der Waals surface area contributed by atoms with Crippen molar-refractivity contribution in [1.29, 1.82) is 0 Å². The van der Waals surface area contributed by atoms with Crippen LogP contribution in [0.3, 0.4) is 0 Å². The molecule has 7 atom stereocenters. The highest BCUT2D eigenvalue weighted by Crippen LogP contribution is 2.69. The van der Waals surface area contributed by atoms with Crippen molar-refractivity contribution in [2.45, 2.75) is 68.7 Å². The average molecular weight is 566 g/mol. The Bertz CT molecular complexity index is 1260. The Morgan fingerprint density at radius 1 is 1.12 bits per heavy atom. The van der Waals surface area contributed by atoms with E-state index in [4.69, 9.17) is 4.74 Å². The summed E-state index contributed by atoms with van der Waals surface area (Å²) in [4.78, 5) is 44.0. The summed E-state index contributed by atoms with van der Waals surface area (Å²) in [6.45, 7) is 9.96. The van der Waals surface area contributed by atoms with Crippen molar-refractivity contribution < 1.29 is 24.2 Å². The first-order valence-corrected chi connectivity index (χ1v) is 14.9. The van der Waals surface area contributed by atoms with Crippen molar-refractivity contribution in [2.75, 3.05) is 18.5 Å². The van der Waals surface area contributed by atoms with E-state index in [0.29, 0.717) is 18.0 Å². The van der Waals surface area contributed by atoms with Crippen LogP contribution in [0.1, 0.15) is 52.6 Å². The number of ether oxygens (including phenoxy) is 1. The maximum absolute atomic E-state index is 14.5. The van der Waals surface area contributed by atoms with Crippen molar-refractivity contribution in [3.63, 3.8) is 0 Å². The average Bonchev–Trinajstić information content (AvgIpc) is 3.49. The molecule has 3 aliphatic heterocycles. The van der Waals surface area contributed by atoms with Crippen LogP contribution >= 0.6 is 11.8 Å². The van der Waals surface area contributed by atoms with E-state index in [-0.39, 0.29) is 35.5 Å². The maximum Gasteiger partial charge on any atom is 0.244 e. The van der Waals surface area contributed by atoms with E-state index in [0.717, 1.165) is 12.0 Å². The molecule has 2 aromatic rings. The number of benzene rings is 2. The zero-order valence-electron chi connectivity index (χ0n) is 23.7. The monoisotopic (exact) mass is 565 g/mol. The lowest BCUT2D eigenvalue weighted by Gasteiger charge is -2.41. The summed E-state index contributed by atoms with van der Waals surface area (Å²) >= 11 is 1.62. The van der Waals surface area contributed by atoms with Gasteiger partial charge in [0, 0.05) is 16.5 Å². The Hall–Kier alpha value is -3.04. The Labute approximate surface area is 240 Å². The number of rotatable bonds is 8. The molecule has 2 bridgehead atoms. The molecule has 0 radical (unpaired) electrons. The second-order valence-corrected chi connectivity index (χ2v) is 13.6. The van der Waals surface area contributed by atoms with Gasteiger partial charge in [0.05, 0.1) is 35.8 Å². The van der Waals surface area contributed by atoms with Gasteiger partial charge in [-0.15, -0.1) is 11.8 Å². The third-order valence-corrected chi connectivity index (χ3v) is 10.4. The smallest absolute Gasteiger partial charge is 0.244 e. The zero-order chi connectivity index (χ0) is 28.8. The molecule has 3 aliphatic rings. The van der Waals surface area contributed by atoms with Gasteiger partial charge in [-0.25, -0.2) is 0 Å². The van der Waals surface area contributed by atoms with Gasteiger partial charge in [0.1, 0.15) is 11.8 Å². The minimum absolute atomic E-state index is 0.0295. The summed E-state index contributed by atoms with van der Waals surface area (Å²) in [5.74, 6) is -1.23. The first-order valence-electron chi connectivity index (χ1n) is 14.0. The molecule has 2 aromatic carbocycles. The number of nitrogens with one attached hydrogen (secondary N) is 2. The molecule has 3 N–H and O–H groups in total. The number of likely N-dealkylation sites (tertiary alicyclic amines) is 1. The topological polar surface area (TPSA) is 108 Å². The highest BCUT2D eigenvalue weighted by atomic mass is 32.2. The summed E-state index contributed by atoms with van der Waals surface area (Å²) in [6, 6.07) is 15.0. The fourth-order valence-electron chi connectivity index (χ4n) is 6.89. The van der Waals surface area contributed by atoms with Gasteiger partial charge in [-0.1, -0.05) is 37.3 Å². The Morgan fingerprint density at radius 2 is 1.80 bits per heavy atom. The van der Waals surface area contributed by atoms with Crippen molar-refractivity contribution in [1.82, 2.24) is 10.2 Å². The maximum atomic E-state index is 14.5. The van der Waals surface area contributed by atoms with Gasteiger partial charge in [0.2, 0.25) is 17.7 Å². The van der Waals surface area contributed by atoms with Crippen LogP contribution in [0, 0.1) is 17.8 Å². The van der Waals surface area contributed by atoms with Gasteiger partial charge in [-0.2, -0.15) is 0 Å². The lowest BCUT2D eigenvalue weighted by molar-refractivity contribution is -0.142. The number of carbonyl (C=O) groups excluding carboxylic acids is 3. The molecule has 0 aliphatic carbocycles. The van der Waals surface area contributed by atoms with Crippen LogP contribution in [0.25, 0.3) is 0 Å². The second kappa shape index (κ2) is 10.7. The highest BCUT2D eigenvalue weighted by Gasteiger charge is 2.76. The first-order chi connectivity index (χ1) is 19.0. The molecule has 3 saturated heterocycles. The Morgan fingerprint density at radius 3 is 2.40 bits per heavy atom. The van der Waals surface area contributed by atoms with Crippen LogP contribution in [0.2, 0.25) is 0 Å². The zero-order valence-corrected chi connectivity index (χ0v) is 24.5. The third-order valence-electron chi connectivity index (χ3n) is 8.36. The van der Waals surface area contributed by atoms with Crippen LogP contribution in [0.5, 0.6) is 5.75 Å². The number of aliphatic hydroxyl groups excluding tert-OH is 1. The lowest BCUT2D eigenvalue weighted by atomic mass is 9.65. The van der Waals surface area contributed by atoms with E-state index in [2.05, 4.69) is 17.6 Å². The highest BCUT2D eigenvalue weighted by molar-refractivity contribution is 8.02.